The van der Waals surface area contributed by atoms with Gasteiger partial charge in [-0.2, -0.15) is 3.84 Å². The molecule has 0 aliphatic heterocycles. The quantitative estimate of drug-likeness (QED) is 0.724. The fourth-order valence-electron chi connectivity index (χ4n) is 0.351. The second-order valence-electron chi connectivity index (χ2n) is 1.64. The third-order valence-corrected chi connectivity index (χ3v) is 0.498. The summed E-state index contributed by atoms with van der Waals surface area (Å²) in [4.78, 5) is 20.1. The Morgan fingerprint density at radius 1 is 1.18 bits per heavy atom. The van der Waals surface area contributed by atoms with Gasteiger partial charge in [0.25, 0.3) is 0 Å². The summed E-state index contributed by atoms with van der Waals surface area (Å²) in [7, 11) is 0. The van der Waals surface area contributed by atoms with Crippen molar-refractivity contribution in [2.45, 2.75) is 20.3 Å². The summed E-state index contributed by atoms with van der Waals surface area (Å²) in [6.45, 7) is 2.81. The van der Waals surface area contributed by atoms with Gasteiger partial charge in [0.1, 0.15) is 11.6 Å². The molecule has 0 atom stereocenters. The standard InChI is InChI=1S/C5H8O2.Cl2O.Zr/c1-4(6)3-5(2)7;1-3-2;/h3H2,1-2H3;;. The number of carbonyl (C=O) groups excluding carboxylic acids is 2. The molecule has 0 fully saturated rings. The van der Waals surface area contributed by atoms with E-state index < -0.39 is 0 Å². The molecule has 11 heavy (non-hydrogen) atoms. The van der Waals surface area contributed by atoms with Gasteiger partial charge in [0.05, 0.1) is 30.2 Å². The van der Waals surface area contributed by atoms with Crippen LogP contribution in [0.1, 0.15) is 20.3 Å². The SMILES string of the molecule is CC(=O)CC(C)=O.ClOCl.[Zr]. The van der Waals surface area contributed by atoms with E-state index in [1.807, 2.05) is 0 Å². The van der Waals surface area contributed by atoms with Crippen LogP contribution in [0.4, 0.5) is 0 Å². The van der Waals surface area contributed by atoms with Crippen LogP contribution in [-0.2, 0) is 39.6 Å². The number of ketones is 2. The van der Waals surface area contributed by atoms with Crippen molar-refractivity contribution in [3.05, 3.63) is 0 Å². The van der Waals surface area contributed by atoms with Gasteiger partial charge in [0.2, 0.25) is 0 Å². The van der Waals surface area contributed by atoms with Crippen LogP contribution in [0.15, 0.2) is 0 Å². The Bertz CT molecular complexity index is 106. The first-order valence-corrected chi connectivity index (χ1v) is 3.04. The molecule has 0 rings (SSSR count). The average molecular weight is 278 g/mol. The second-order valence-corrected chi connectivity index (χ2v) is 2.11. The van der Waals surface area contributed by atoms with Crippen LogP contribution < -0.4 is 0 Å². The van der Waals surface area contributed by atoms with Crippen LogP contribution in [0.25, 0.3) is 0 Å². The van der Waals surface area contributed by atoms with Crippen LogP contribution in [0, 0.1) is 0 Å². The molecule has 0 aromatic heterocycles. The van der Waals surface area contributed by atoms with Crippen LogP contribution in [0.2, 0.25) is 0 Å². The molecular formula is C5H8Cl2O3Zr. The molecule has 0 spiro atoms. The first-order chi connectivity index (χ1) is 4.54. The van der Waals surface area contributed by atoms with E-state index in [1.165, 1.54) is 13.8 Å². The van der Waals surface area contributed by atoms with Crippen molar-refractivity contribution in [1.29, 1.82) is 0 Å². The number of hydrogen-bond acceptors (Lipinski definition) is 3. The van der Waals surface area contributed by atoms with Crippen LogP contribution in [-0.4, -0.2) is 11.6 Å². The molecule has 0 aromatic rings. The number of halogens is 2. The third kappa shape index (κ3) is 36.4. The van der Waals surface area contributed by atoms with Crippen LogP contribution >= 0.6 is 23.7 Å². The Morgan fingerprint density at radius 2 is 1.36 bits per heavy atom. The van der Waals surface area contributed by atoms with Crippen molar-refractivity contribution < 1.29 is 39.6 Å². The molecule has 0 saturated carbocycles. The maximum Gasteiger partial charge on any atom is 0.137 e. The molecule has 64 valence electrons. The van der Waals surface area contributed by atoms with Crippen molar-refractivity contribution >= 4 is 35.3 Å². The number of hydrogen-bond donors (Lipinski definition) is 0. The fourth-order valence-corrected chi connectivity index (χ4v) is 0.351. The molecule has 0 heterocycles. The molecule has 0 unspecified atom stereocenters. The van der Waals surface area contributed by atoms with Crippen LogP contribution in [0.5, 0.6) is 0 Å². The van der Waals surface area contributed by atoms with Gasteiger partial charge in [-0.05, 0) is 13.8 Å². The molecular weight excluding hydrogens is 270 g/mol. The Labute approximate surface area is 94.8 Å². The second kappa shape index (κ2) is 13.4. The van der Waals surface area contributed by atoms with Gasteiger partial charge >= 0.3 is 0 Å². The zero-order valence-electron chi connectivity index (χ0n) is 6.19. The summed E-state index contributed by atoms with van der Waals surface area (Å²) in [6, 6.07) is 0. The van der Waals surface area contributed by atoms with Crippen molar-refractivity contribution in [1.82, 2.24) is 0 Å². The topological polar surface area (TPSA) is 43.4 Å². The Balaban J connectivity index is -0.000000140. The Kier molecular flexibility index (Phi) is 21.6. The van der Waals surface area contributed by atoms with E-state index in [0.29, 0.717) is 0 Å². The maximum atomic E-state index is 10.0. The van der Waals surface area contributed by atoms with Crippen molar-refractivity contribution in [2.24, 2.45) is 0 Å². The summed E-state index contributed by atoms with van der Waals surface area (Å²) in [5, 5.41) is 0. The van der Waals surface area contributed by atoms with E-state index >= 15 is 0 Å². The molecule has 0 aromatic carbocycles. The molecule has 3 nitrogen and oxygen atoms in total. The van der Waals surface area contributed by atoms with Crippen LogP contribution in [0.3, 0.4) is 0 Å². The summed E-state index contributed by atoms with van der Waals surface area (Å²) in [6.07, 6.45) is 0.0833. The number of carbonyl (C=O) groups is 2. The van der Waals surface area contributed by atoms with E-state index in [4.69, 9.17) is 0 Å². The summed E-state index contributed by atoms with van der Waals surface area (Å²) in [5.41, 5.74) is 0. The van der Waals surface area contributed by atoms with Gasteiger partial charge < -0.3 is 0 Å². The summed E-state index contributed by atoms with van der Waals surface area (Å²) >= 11 is 8.53. The third-order valence-electron chi connectivity index (χ3n) is 0.498. The minimum atomic E-state index is -0.0625. The average Bonchev–Trinajstić information content (AvgIpc) is 1.62. The summed E-state index contributed by atoms with van der Waals surface area (Å²) in [5.74, 6) is -0.125. The first kappa shape index (κ1) is 17.7. The minimum Gasteiger partial charge on any atom is -0.300 e. The van der Waals surface area contributed by atoms with E-state index in [2.05, 4.69) is 27.6 Å². The maximum absolute atomic E-state index is 10.0. The Hall–Kier alpha value is 0.763. The molecule has 6 heteroatoms. The van der Waals surface area contributed by atoms with Gasteiger partial charge in [-0.3, -0.25) is 9.59 Å². The van der Waals surface area contributed by atoms with E-state index in [9.17, 15) is 9.59 Å². The van der Waals surface area contributed by atoms with E-state index in [0.717, 1.165) is 0 Å². The van der Waals surface area contributed by atoms with Gasteiger partial charge in [-0.15, -0.1) is 0 Å². The van der Waals surface area contributed by atoms with Crippen molar-refractivity contribution in [3.8, 4) is 0 Å². The number of Topliss-reactive ketones (excluding diaryl/α,β-unsaturated/α-hetero) is 2. The predicted molar refractivity (Wildman–Crippen MR) is 38.8 cm³/mol. The molecule has 0 aliphatic carbocycles. The monoisotopic (exact) mass is 276 g/mol. The molecule has 0 N–H and O–H groups in total. The largest absolute Gasteiger partial charge is 0.300 e. The minimum absolute atomic E-state index is 0. The molecule has 0 radical (unpaired) electrons. The fraction of sp³-hybridized carbons (Fsp3) is 0.600. The Morgan fingerprint density at radius 3 is 1.36 bits per heavy atom. The van der Waals surface area contributed by atoms with Gasteiger partial charge in [0.15, 0.2) is 0 Å². The van der Waals surface area contributed by atoms with Gasteiger partial charge in [-0.1, -0.05) is 0 Å². The first-order valence-electron chi connectivity index (χ1n) is 2.42. The molecule has 0 saturated heterocycles. The van der Waals surface area contributed by atoms with Crippen molar-refractivity contribution in [2.75, 3.05) is 0 Å². The van der Waals surface area contributed by atoms with Crippen molar-refractivity contribution in [3.63, 3.8) is 0 Å². The van der Waals surface area contributed by atoms with Gasteiger partial charge in [-0.25, -0.2) is 0 Å². The predicted octanol–water partition coefficient (Wildman–Crippen LogP) is 1.86. The number of rotatable bonds is 2. The van der Waals surface area contributed by atoms with E-state index in [-0.39, 0.29) is 44.2 Å². The van der Waals surface area contributed by atoms with Gasteiger partial charge in [0, 0.05) is 26.2 Å². The molecule has 0 aliphatic rings. The zero-order valence-corrected chi connectivity index (χ0v) is 10.2. The normalized spacial score (nSPS) is 6.91. The molecule has 0 amide bonds. The smallest absolute Gasteiger partial charge is 0.137 e. The zero-order chi connectivity index (χ0) is 8.57. The summed E-state index contributed by atoms with van der Waals surface area (Å²) < 4.78 is 3.19. The molecule has 0 bridgehead atoms. The van der Waals surface area contributed by atoms with E-state index in [1.54, 1.807) is 0 Å².